The van der Waals surface area contributed by atoms with E-state index in [4.69, 9.17) is 5.21 Å². The lowest BCUT2D eigenvalue weighted by molar-refractivity contribution is 0.318. The van der Waals surface area contributed by atoms with E-state index in [9.17, 15) is 0 Å². The highest BCUT2D eigenvalue weighted by Crippen LogP contribution is 2.27. The fraction of sp³-hybridized carbons (Fsp3) is 0.385. The lowest BCUT2D eigenvalue weighted by Gasteiger charge is -2.15. The van der Waals surface area contributed by atoms with Crippen molar-refractivity contribution in [1.29, 1.82) is 0 Å². The number of hydrogen-bond acceptors (Lipinski definition) is 3. The van der Waals surface area contributed by atoms with Crippen molar-refractivity contribution >= 4 is 11.3 Å². The van der Waals surface area contributed by atoms with Crippen LogP contribution < -0.4 is 0 Å². The minimum Gasteiger partial charge on any atom is -0.411 e. The van der Waals surface area contributed by atoms with E-state index in [1.165, 1.54) is 11.1 Å². The van der Waals surface area contributed by atoms with Crippen molar-refractivity contribution < 1.29 is 5.21 Å². The maximum atomic E-state index is 8.80. The molecule has 0 aliphatic heterocycles. The van der Waals surface area contributed by atoms with Gasteiger partial charge >= 0.3 is 0 Å². The van der Waals surface area contributed by atoms with Gasteiger partial charge in [0.2, 0.25) is 0 Å². The van der Waals surface area contributed by atoms with E-state index in [1.807, 2.05) is 26.0 Å². The fourth-order valence-corrected chi connectivity index (χ4v) is 2.12. The number of rotatable bonds is 1. The highest BCUT2D eigenvalue weighted by Gasteiger charge is 2.12. The molecule has 3 heteroatoms. The van der Waals surface area contributed by atoms with E-state index in [-0.39, 0.29) is 0 Å². The summed E-state index contributed by atoms with van der Waals surface area (Å²) in [6.07, 6.45) is 4.91. The number of nitrogens with zero attached hydrogens (tertiary/aromatic N) is 2. The Morgan fingerprint density at radius 3 is 2.75 bits per heavy atom. The van der Waals surface area contributed by atoms with Gasteiger partial charge in [-0.15, -0.1) is 0 Å². The molecule has 0 aromatic carbocycles. The minimum atomic E-state index is 0.765. The summed E-state index contributed by atoms with van der Waals surface area (Å²) in [6.45, 7) is 4.01. The van der Waals surface area contributed by atoms with Crippen LogP contribution in [-0.2, 0) is 0 Å². The largest absolute Gasteiger partial charge is 0.411 e. The summed E-state index contributed by atoms with van der Waals surface area (Å²) >= 11 is 0. The lowest BCUT2D eigenvalue weighted by atomic mass is 9.92. The zero-order valence-corrected chi connectivity index (χ0v) is 9.70. The topological polar surface area (TPSA) is 45.5 Å². The third-order valence-electron chi connectivity index (χ3n) is 2.92. The second kappa shape index (κ2) is 4.47. The van der Waals surface area contributed by atoms with Crippen LogP contribution >= 0.6 is 0 Å². The Kier molecular flexibility index (Phi) is 3.04. The summed E-state index contributed by atoms with van der Waals surface area (Å²) < 4.78 is 0. The van der Waals surface area contributed by atoms with Gasteiger partial charge in [0.25, 0.3) is 0 Å². The van der Waals surface area contributed by atoms with Gasteiger partial charge in [-0.2, -0.15) is 0 Å². The molecule has 0 saturated heterocycles. The molecule has 0 saturated carbocycles. The van der Waals surface area contributed by atoms with Gasteiger partial charge in [-0.1, -0.05) is 11.2 Å². The molecule has 0 amide bonds. The summed E-state index contributed by atoms with van der Waals surface area (Å²) in [6, 6.07) is 4.12. The Morgan fingerprint density at radius 1 is 1.25 bits per heavy atom. The summed E-state index contributed by atoms with van der Waals surface area (Å²) in [5.41, 5.74) is 5.25. The Hall–Kier alpha value is -1.64. The molecular formula is C13H16N2O. The standard InChI is InChI=1S/C13H16N2O/c1-9-6-7-13(10(2)14-9)11-4-3-5-12(8-11)15-16/h6-8,16H,3-5H2,1-2H3. The van der Waals surface area contributed by atoms with Crippen LogP contribution in [0.25, 0.3) is 5.57 Å². The van der Waals surface area contributed by atoms with E-state index in [0.29, 0.717) is 0 Å². The smallest absolute Gasteiger partial charge is 0.0798 e. The van der Waals surface area contributed by atoms with E-state index in [1.54, 1.807) is 0 Å². The fourth-order valence-electron chi connectivity index (χ4n) is 2.12. The van der Waals surface area contributed by atoms with Crippen LogP contribution in [-0.4, -0.2) is 15.9 Å². The molecule has 3 nitrogen and oxygen atoms in total. The summed E-state index contributed by atoms with van der Waals surface area (Å²) in [5, 5.41) is 12.1. The van der Waals surface area contributed by atoms with Crippen LogP contribution in [0, 0.1) is 13.8 Å². The van der Waals surface area contributed by atoms with E-state index in [0.717, 1.165) is 36.4 Å². The predicted molar refractivity (Wildman–Crippen MR) is 64.8 cm³/mol. The van der Waals surface area contributed by atoms with Crippen LogP contribution in [0.3, 0.4) is 0 Å². The zero-order valence-electron chi connectivity index (χ0n) is 9.70. The van der Waals surface area contributed by atoms with Gasteiger partial charge in [-0.05, 0) is 56.4 Å². The average Bonchev–Trinajstić information content (AvgIpc) is 2.29. The SMILES string of the molecule is Cc1ccc(C2=CC(=NO)CCC2)c(C)n1. The van der Waals surface area contributed by atoms with Gasteiger partial charge in [0.15, 0.2) is 0 Å². The van der Waals surface area contributed by atoms with Gasteiger partial charge in [-0.3, -0.25) is 4.98 Å². The van der Waals surface area contributed by atoms with Crippen molar-refractivity contribution in [3.8, 4) is 0 Å². The Morgan fingerprint density at radius 2 is 2.06 bits per heavy atom. The molecule has 0 spiro atoms. The van der Waals surface area contributed by atoms with E-state index in [2.05, 4.69) is 16.2 Å². The molecule has 1 aromatic rings. The molecule has 0 fully saturated rings. The number of aryl methyl sites for hydroxylation is 2. The van der Waals surface area contributed by atoms with Gasteiger partial charge in [-0.25, -0.2) is 0 Å². The quantitative estimate of drug-likeness (QED) is 0.579. The highest BCUT2D eigenvalue weighted by atomic mass is 16.4. The van der Waals surface area contributed by atoms with Gasteiger partial charge in [0.1, 0.15) is 0 Å². The first kappa shape index (κ1) is 10.9. The van der Waals surface area contributed by atoms with E-state index < -0.39 is 0 Å². The second-order valence-electron chi connectivity index (χ2n) is 4.20. The van der Waals surface area contributed by atoms with Crippen molar-refractivity contribution in [2.24, 2.45) is 5.16 Å². The molecule has 0 atom stereocenters. The number of allylic oxidation sites excluding steroid dienone is 2. The molecule has 1 N–H and O–H groups in total. The van der Waals surface area contributed by atoms with Gasteiger partial charge in [0.05, 0.1) is 5.71 Å². The normalized spacial score (nSPS) is 18.6. The number of oxime groups is 1. The number of hydrogen-bond donors (Lipinski definition) is 1. The maximum absolute atomic E-state index is 8.80. The van der Waals surface area contributed by atoms with Gasteiger partial charge in [0, 0.05) is 11.4 Å². The maximum Gasteiger partial charge on any atom is 0.0798 e. The lowest BCUT2D eigenvalue weighted by Crippen LogP contribution is -2.04. The summed E-state index contributed by atoms with van der Waals surface area (Å²) in [5.74, 6) is 0. The molecule has 16 heavy (non-hydrogen) atoms. The third kappa shape index (κ3) is 2.13. The zero-order chi connectivity index (χ0) is 11.5. The highest BCUT2D eigenvalue weighted by molar-refractivity contribution is 6.02. The van der Waals surface area contributed by atoms with Crippen LogP contribution in [0.1, 0.15) is 36.2 Å². The molecule has 0 radical (unpaired) electrons. The average molecular weight is 216 g/mol. The molecule has 1 aliphatic carbocycles. The van der Waals surface area contributed by atoms with E-state index >= 15 is 0 Å². The molecular weight excluding hydrogens is 200 g/mol. The first-order valence-electron chi connectivity index (χ1n) is 5.57. The molecule has 1 aromatic heterocycles. The molecule has 2 rings (SSSR count). The van der Waals surface area contributed by atoms with Crippen LogP contribution in [0.5, 0.6) is 0 Å². The van der Waals surface area contributed by atoms with Crippen LogP contribution in [0.15, 0.2) is 23.4 Å². The number of pyridine rings is 1. The molecule has 1 aliphatic rings. The Labute approximate surface area is 95.5 Å². The first-order valence-corrected chi connectivity index (χ1v) is 5.57. The van der Waals surface area contributed by atoms with Crippen molar-refractivity contribution in [2.45, 2.75) is 33.1 Å². The molecule has 84 valence electrons. The molecule has 1 heterocycles. The van der Waals surface area contributed by atoms with Crippen molar-refractivity contribution in [3.63, 3.8) is 0 Å². The van der Waals surface area contributed by atoms with Crippen LogP contribution in [0.2, 0.25) is 0 Å². The van der Waals surface area contributed by atoms with Crippen molar-refractivity contribution in [2.75, 3.05) is 0 Å². The predicted octanol–water partition coefficient (Wildman–Crippen LogP) is 3.10. The van der Waals surface area contributed by atoms with Crippen molar-refractivity contribution in [1.82, 2.24) is 4.98 Å². The Balaban J connectivity index is 2.40. The molecule has 0 unspecified atom stereocenters. The molecule has 0 bridgehead atoms. The third-order valence-corrected chi connectivity index (χ3v) is 2.92. The summed E-state index contributed by atoms with van der Waals surface area (Å²) in [4.78, 5) is 4.46. The van der Waals surface area contributed by atoms with Crippen LogP contribution in [0.4, 0.5) is 0 Å². The second-order valence-corrected chi connectivity index (χ2v) is 4.20. The van der Waals surface area contributed by atoms with Crippen molar-refractivity contribution in [3.05, 3.63) is 35.2 Å². The van der Waals surface area contributed by atoms with Gasteiger partial charge < -0.3 is 5.21 Å². The number of aromatic nitrogens is 1. The monoisotopic (exact) mass is 216 g/mol. The minimum absolute atomic E-state index is 0.765. The Bertz CT molecular complexity index is 461. The first-order chi connectivity index (χ1) is 7.70. The summed E-state index contributed by atoms with van der Waals surface area (Å²) in [7, 11) is 0.